The smallest absolute Gasteiger partial charge is 0.244 e. The maximum absolute atomic E-state index is 12.8. The molecule has 140 valence electrons. The highest BCUT2D eigenvalue weighted by molar-refractivity contribution is 6.10. The van der Waals surface area contributed by atoms with E-state index in [0.29, 0.717) is 5.69 Å². The third-order valence-electron chi connectivity index (χ3n) is 6.15. The summed E-state index contributed by atoms with van der Waals surface area (Å²) in [6, 6.07) is 17.3. The number of likely N-dealkylation sites (tertiary alicyclic amines) is 1. The lowest BCUT2D eigenvalue weighted by molar-refractivity contribution is -0.143. The van der Waals surface area contributed by atoms with Crippen LogP contribution in [-0.2, 0) is 14.4 Å². The zero-order chi connectivity index (χ0) is 19.3. The summed E-state index contributed by atoms with van der Waals surface area (Å²) < 4.78 is 0. The summed E-state index contributed by atoms with van der Waals surface area (Å²) in [7, 11) is 0. The average Bonchev–Trinajstić information content (AvgIpc) is 3.39. The first kappa shape index (κ1) is 16.9. The van der Waals surface area contributed by atoms with Crippen LogP contribution in [0.2, 0.25) is 0 Å². The number of rotatable bonds is 4. The zero-order valence-electron chi connectivity index (χ0n) is 15.2. The molecule has 0 spiro atoms. The number of nitrogens with zero attached hydrogens (tertiary/aromatic N) is 1. The molecule has 2 aliphatic carbocycles. The molecule has 2 aromatic carbocycles. The Bertz CT molecular complexity index is 968. The van der Waals surface area contributed by atoms with Gasteiger partial charge in [0.15, 0.2) is 0 Å². The van der Waals surface area contributed by atoms with Gasteiger partial charge in [0.1, 0.15) is 6.54 Å². The molecular formula is C23H20N2O3. The molecule has 5 rings (SSSR count). The maximum Gasteiger partial charge on any atom is 0.244 e. The number of anilines is 1. The van der Waals surface area contributed by atoms with Gasteiger partial charge in [0.2, 0.25) is 17.7 Å². The fraction of sp³-hybridized carbons (Fsp3) is 0.261. The van der Waals surface area contributed by atoms with Crippen molar-refractivity contribution >= 4 is 23.4 Å². The predicted octanol–water partition coefficient (Wildman–Crippen LogP) is 3.10. The SMILES string of the molecule is O=C(CN1C(=O)C2C3C=CC(C3)C2C1=O)Nc1ccccc1-c1ccccc1. The van der Waals surface area contributed by atoms with Crippen LogP contribution in [0, 0.1) is 23.7 Å². The molecule has 1 saturated heterocycles. The van der Waals surface area contributed by atoms with Crippen LogP contribution in [0.15, 0.2) is 66.7 Å². The van der Waals surface area contributed by atoms with Gasteiger partial charge < -0.3 is 5.32 Å². The standard InChI is InChI=1S/C23H20N2O3/c26-19(24-18-9-5-4-8-17(18)14-6-2-1-3-7-14)13-25-22(27)20-15-10-11-16(12-15)21(20)23(25)28/h1-11,15-16,20-21H,12-13H2,(H,24,26). The lowest BCUT2D eigenvalue weighted by Gasteiger charge is -2.17. The van der Waals surface area contributed by atoms with Gasteiger partial charge in [-0.25, -0.2) is 0 Å². The van der Waals surface area contributed by atoms with Crippen molar-refractivity contribution in [1.82, 2.24) is 4.90 Å². The molecule has 1 heterocycles. The Morgan fingerprint density at radius 3 is 2.18 bits per heavy atom. The fourth-order valence-corrected chi connectivity index (χ4v) is 4.91. The molecule has 28 heavy (non-hydrogen) atoms. The number of hydrogen-bond acceptors (Lipinski definition) is 3. The van der Waals surface area contributed by atoms with Gasteiger partial charge in [-0.05, 0) is 29.9 Å². The Morgan fingerprint density at radius 1 is 0.893 bits per heavy atom. The summed E-state index contributed by atoms with van der Waals surface area (Å²) in [6.07, 6.45) is 4.99. The molecule has 4 unspecified atom stereocenters. The average molecular weight is 372 g/mol. The van der Waals surface area contributed by atoms with E-state index in [4.69, 9.17) is 0 Å². The molecular weight excluding hydrogens is 352 g/mol. The molecule has 5 nitrogen and oxygen atoms in total. The van der Waals surface area contributed by atoms with Gasteiger partial charge in [-0.1, -0.05) is 60.7 Å². The van der Waals surface area contributed by atoms with Crippen LogP contribution in [0.1, 0.15) is 6.42 Å². The summed E-state index contributed by atoms with van der Waals surface area (Å²) in [6.45, 7) is -0.229. The summed E-state index contributed by atoms with van der Waals surface area (Å²) in [5, 5.41) is 2.88. The topological polar surface area (TPSA) is 66.5 Å². The molecule has 0 aromatic heterocycles. The first-order valence-corrected chi connectivity index (χ1v) is 9.61. The normalized spacial score (nSPS) is 27.4. The largest absolute Gasteiger partial charge is 0.324 e. The van der Waals surface area contributed by atoms with Gasteiger partial charge in [0.05, 0.1) is 11.8 Å². The van der Waals surface area contributed by atoms with E-state index in [1.165, 1.54) is 0 Å². The van der Waals surface area contributed by atoms with Crippen LogP contribution in [0.25, 0.3) is 11.1 Å². The molecule has 3 aliphatic rings. The zero-order valence-corrected chi connectivity index (χ0v) is 15.2. The Hall–Kier alpha value is -3.21. The number of carbonyl (C=O) groups is 3. The number of hydrogen-bond donors (Lipinski definition) is 1. The van der Waals surface area contributed by atoms with E-state index >= 15 is 0 Å². The van der Waals surface area contributed by atoms with Crippen LogP contribution in [0.4, 0.5) is 5.69 Å². The predicted molar refractivity (Wildman–Crippen MR) is 105 cm³/mol. The lowest BCUT2D eigenvalue weighted by Crippen LogP contribution is -2.39. The second-order valence-corrected chi connectivity index (χ2v) is 7.72. The fourth-order valence-electron chi connectivity index (χ4n) is 4.91. The number of fused-ring (bicyclic) bond motifs is 5. The molecule has 2 fully saturated rings. The van der Waals surface area contributed by atoms with Gasteiger partial charge in [0.25, 0.3) is 0 Å². The highest BCUT2D eigenvalue weighted by atomic mass is 16.2. The monoisotopic (exact) mass is 372 g/mol. The Kier molecular flexibility index (Phi) is 3.90. The number of nitrogens with one attached hydrogen (secondary N) is 1. The Balaban J connectivity index is 1.33. The third-order valence-corrected chi connectivity index (χ3v) is 6.15. The van der Waals surface area contributed by atoms with E-state index in [0.717, 1.165) is 22.4 Å². The molecule has 2 bridgehead atoms. The van der Waals surface area contributed by atoms with Crippen molar-refractivity contribution in [3.63, 3.8) is 0 Å². The summed E-state index contributed by atoms with van der Waals surface area (Å²) >= 11 is 0. The second-order valence-electron chi connectivity index (χ2n) is 7.72. The van der Waals surface area contributed by atoms with Crippen molar-refractivity contribution in [2.75, 3.05) is 11.9 Å². The van der Waals surface area contributed by atoms with Gasteiger partial charge in [-0.15, -0.1) is 0 Å². The molecule has 1 N–H and O–H groups in total. The third kappa shape index (κ3) is 2.58. The van der Waals surface area contributed by atoms with Crippen LogP contribution < -0.4 is 5.32 Å². The van der Waals surface area contributed by atoms with E-state index in [1.807, 2.05) is 54.6 Å². The van der Waals surface area contributed by atoms with Crippen molar-refractivity contribution in [3.8, 4) is 11.1 Å². The van der Waals surface area contributed by atoms with Crippen molar-refractivity contribution < 1.29 is 14.4 Å². The highest BCUT2D eigenvalue weighted by Gasteiger charge is 2.59. The second kappa shape index (κ2) is 6.44. The molecule has 1 aliphatic heterocycles. The lowest BCUT2D eigenvalue weighted by atomic mass is 9.85. The number of carbonyl (C=O) groups excluding carboxylic acids is 3. The van der Waals surface area contributed by atoms with Crippen LogP contribution in [0.5, 0.6) is 0 Å². The van der Waals surface area contributed by atoms with Crippen molar-refractivity contribution in [1.29, 1.82) is 0 Å². The highest BCUT2D eigenvalue weighted by Crippen LogP contribution is 2.52. The minimum atomic E-state index is -0.356. The first-order valence-electron chi connectivity index (χ1n) is 9.61. The number of allylic oxidation sites excluding steroid dienone is 2. The van der Waals surface area contributed by atoms with Crippen LogP contribution in [-0.4, -0.2) is 29.2 Å². The van der Waals surface area contributed by atoms with E-state index in [9.17, 15) is 14.4 Å². The molecule has 5 heteroatoms. The van der Waals surface area contributed by atoms with Gasteiger partial charge in [0, 0.05) is 11.3 Å². The van der Waals surface area contributed by atoms with Gasteiger partial charge in [-0.3, -0.25) is 19.3 Å². The minimum absolute atomic E-state index is 0.151. The first-order chi connectivity index (χ1) is 13.6. The van der Waals surface area contributed by atoms with Crippen molar-refractivity contribution in [3.05, 3.63) is 66.7 Å². The number of imide groups is 1. The number of para-hydroxylation sites is 1. The minimum Gasteiger partial charge on any atom is -0.324 e. The van der Waals surface area contributed by atoms with E-state index in [-0.39, 0.29) is 47.9 Å². The summed E-state index contributed by atoms with van der Waals surface area (Å²) in [4.78, 5) is 39.3. The summed E-state index contributed by atoms with van der Waals surface area (Å²) in [5.74, 6) is -0.988. The molecule has 1 saturated carbocycles. The molecule has 4 atom stereocenters. The molecule has 2 aromatic rings. The molecule has 3 amide bonds. The van der Waals surface area contributed by atoms with Gasteiger partial charge >= 0.3 is 0 Å². The van der Waals surface area contributed by atoms with Crippen LogP contribution in [0.3, 0.4) is 0 Å². The molecule has 0 radical (unpaired) electrons. The van der Waals surface area contributed by atoms with E-state index in [2.05, 4.69) is 17.5 Å². The van der Waals surface area contributed by atoms with Crippen LogP contribution >= 0.6 is 0 Å². The number of amides is 3. The van der Waals surface area contributed by atoms with E-state index in [1.54, 1.807) is 0 Å². The Labute approximate surface area is 163 Å². The number of benzene rings is 2. The quantitative estimate of drug-likeness (QED) is 0.662. The van der Waals surface area contributed by atoms with Gasteiger partial charge in [-0.2, -0.15) is 0 Å². The maximum atomic E-state index is 12.8. The van der Waals surface area contributed by atoms with E-state index < -0.39 is 0 Å². The Morgan fingerprint density at radius 2 is 1.50 bits per heavy atom. The van der Waals surface area contributed by atoms with Crippen molar-refractivity contribution in [2.45, 2.75) is 6.42 Å². The summed E-state index contributed by atoms with van der Waals surface area (Å²) in [5.41, 5.74) is 2.55. The van der Waals surface area contributed by atoms with Crippen molar-refractivity contribution in [2.24, 2.45) is 23.7 Å².